The molecule has 2 nitrogen and oxygen atoms in total. The largest absolute Gasteiger partial charge is 0.372 e. The van der Waals surface area contributed by atoms with E-state index in [-0.39, 0.29) is 5.92 Å². The van der Waals surface area contributed by atoms with Gasteiger partial charge in [0.05, 0.1) is 5.56 Å². The molecule has 1 heterocycles. The Morgan fingerprint density at radius 2 is 1.88 bits per heavy atom. The smallest absolute Gasteiger partial charge is 0.108 e. The first-order chi connectivity index (χ1) is 12.1. The Morgan fingerprint density at radius 3 is 2.52 bits per heavy atom. The van der Waals surface area contributed by atoms with E-state index in [1.807, 2.05) is 42.5 Å². The van der Waals surface area contributed by atoms with Crippen LogP contribution >= 0.6 is 22.9 Å². The molecule has 0 saturated carbocycles. The van der Waals surface area contributed by atoms with Crippen LogP contribution in [0.1, 0.15) is 36.5 Å². The average Bonchev–Trinajstić information content (AvgIpc) is 2.99. The van der Waals surface area contributed by atoms with E-state index < -0.39 is 0 Å². The molecular formula is C21H19ClN2S. The molecule has 0 atom stereocenters. The minimum atomic E-state index is 0.280. The predicted octanol–water partition coefficient (Wildman–Crippen LogP) is 6.68. The number of anilines is 1. The molecule has 0 aliphatic heterocycles. The molecule has 3 rings (SSSR count). The van der Waals surface area contributed by atoms with Crippen molar-refractivity contribution in [3.8, 4) is 16.5 Å². The summed E-state index contributed by atoms with van der Waals surface area (Å²) in [5, 5.41) is 14.8. The van der Waals surface area contributed by atoms with Crippen LogP contribution in [-0.4, -0.2) is 0 Å². The van der Waals surface area contributed by atoms with Crippen LogP contribution in [0, 0.1) is 11.3 Å². The Morgan fingerprint density at radius 1 is 1.12 bits per heavy atom. The average molecular weight is 367 g/mol. The molecule has 25 heavy (non-hydrogen) atoms. The lowest BCUT2D eigenvalue weighted by Gasteiger charge is -2.08. The Hall–Kier alpha value is -2.28. The lowest BCUT2D eigenvalue weighted by molar-refractivity contribution is 0.870. The van der Waals surface area contributed by atoms with E-state index in [4.69, 9.17) is 11.6 Å². The Balaban J connectivity index is 1.98. The zero-order chi connectivity index (χ0) is 17.8. The Labute approximate surface area is 157 Å². The summed E-state index contributed by atoms with van der Waals surface area (Å²) in [5.41, 5.74) is 4.12. The SMILES string of the molecule is CC(C)c1c(-c2ccccc2)sc(NCc2cccc(Cl)c2)c1C#N. The van der Waals surface area contributed by atoms with Crippen LogP contribution in [0.3, 0.4) is 0 Å². The highest BCUT2D eigenvalue weighted by Gasteiger charge is 2.21. The Bertz CT molecular complexity index is 907. The fourth-order valence-corrected chi connectivity index (χ4v) is 4.38. The van der Waals surface area contributed by atoms with Crippen LogP contribution < -0.4 is 5.32 Å². The number of hydrogen-bond acceptors (Lipinski definition) is 3. The van der Waals surface area contributed by atoms with Crippen molar-refractivity contribution in [2.75, 3.05) is 5.32 Å². The van der Waals surface area contributed by atoms with Crippen molar-refractivity contribution in [1.29, 1.82) is 5.26 Å². The van der Waals surface area contributed by atoms with E-state index in [2.05, 4.69) is 37.4 Å². The van der Waals surface area contributed by atoms with Crippen molar-refractivity contribution in [2.45, 2.75) is 26.3 Å². The first-order valence-electron chi connectivity index (χ1n) is 8.20. The molecule has 0 aliphatic rings. The number of nitrogens with one attached hydrogen (secondary N) is 1. The highest BCUT2D eigenvalue weighted by Crippen LogP contribution is 2.43. The van der Waals surface area contributed by atoms with Crippen LogP contribution in [-0.2, 0) is 6.54 Å². The standard InChI is InChI=1S/C21H19ClN2S/c1-14(2)19-18(12-23)21(24-13-15-7-6-10-17(22)11-15)25-20(19)16-8-4-3-5-9-16/h3-11,14,24H,13H2,1-2H3. The number of nitrogens with zero attached hydrogens (tertiary/aromatic N) is 1. The summed E-state index contributed by atoms with van der Waals surface area (Å²) in [7, 11) is 0. The van der Waals surface area contributed by atoms with Gasteiger partial charge < -0.3 is 5.32 Å². The van der Waals surface area contributed by atoms with Gasteiger partial charge >= 0.3 is 0 Å². The molecular weight excluding hydrogens is 348 g/mol. The zero-order valence-corrected chi connectivity index (χ0v) is 15.8. The number of hydrogen-bond donors (Lipinski definition) is 1. The summed E-state index contributed by atoms with van der Waals surface area (Å²) in [6, 6.07) is 20.4. The van der Waals surface area contributed by atoms with Crippen LogP contribution in [0.2, 0.25) is 5.02 Å². The van der Waals surface area contributed by atoms with Gasteiger partial charge in [-0.15, -0.1) is 11.3 Å². The van der Waals surface area contributed by atoms with Crippen molar-refractivity contribution in [2.24, 2.45) is 0 Å². The fraction of sp³-hybridized carbons (Fsp3) is 0.190. The van der Waals surface area contributed by atoms with E-state index in [0.717, 1.165) is 32.3 Å². The van der Waals surface area contributed by atoms with E-state index >= 15 is 0 Å². The molecule has 1 aromatic heterocycles. The quantitative estimate of drug-likeness (QED) is 0.546. The molecule has 126 valence electrons. The summed E-state index contributed by atoms with van der Waals surface area (Å²) in [6.07, 6.45) is 0. The second kappa shape index (κ2) is 7.74. The normalized spacial score (nSPS) is 10.7. The minimum Gasteiger partial charge on any atom is -0.372 e. The molecule has 4 heteroatoms. The lowest BCUT2D eigenvalue weighted by Crippen LogP contribution is -2.00. The van der Waals surface area contributed by atoms with Gasteiger partial charge in [0.25, 0.3) is 0 Å². The van der Waals surface area contributed by atoms with Gasteiger partial charge in [-0.1, -0.05) is 67.9 Å². The molecule has 0 unspecified atom stereocenters. The van der Waals surface area contributed by atoms with Gasteiger partial charge in [-0.3, -0.25) is 0 Å². The summed E-state index contributed by atoms with van der Waals surface area (Å²) in [6.45, 7) is 4.91. The van der Waals surface area contributed by atoms with Crippen LogP contribution in [0.15, 0.2) is 54.6 Å². The van der Waals surface area contributed by atoms with Crippen LogP contribution in [0.25, 0.3) is 10.4 Å². The van der Waals surface area contributed by atoms with E-state index in [0.29, 0.717) is 6.54 Å². The van der Waals surface area contributed by atoms with Crippen molar-refractivity contribution >= 4 is 27.9 Å². The molecule has 0 saturated heterocycles. The van der Waals surface area contributed by atoms with Gasteiger partial charge in [0.2, 0.25) is 0 Å². The topological polar surface area (TPSA) is 35.8 Å². The van der Waals surface area contributed by atoms with Crippen molar-refractivity contribution in [3.05, 3.63) is 76.3 Å². The number of nitriles is 1. The number of rotatable bonds is 5. The molecule has 0 aliphatic carbocycles. The molecule has 1 N–H and O–H groups in total. The van der Waals surface area contributed by atoms with Crippen LogP contribution in [0.4, 0.5) is 5.00 Å². The zero-order valence-electron chi connectivity index (χ0n) is 14.2. The Kier molecular flexibility index (Phi) is 5.43. The first kappa shape index (κ1) is 17.5. The van der Waals surface area contributed by atoms with Gasteiger partial charge in [0.15, 0.2) is 0 Å². The summed E-state index contributed by atoms with van der Waals surface area (Å²) in [4.78, 5) is 1.17. The van der Waals surface area contributed by atoms with Gasteiger partial charge in [0.1, 0.15) is 11.1 Å². The molecule has 2 aromatic carbocycles. The third kappa shape index (κ3) is 3.87. The lowest BCUT2D eigenvalue weighted by atomic mass is 9.96. The van der Waals surface area contributed by atoms with Gasteiger partial charge in [-0.05, 0) is 34.7 Å². The number of thiophene rings is 1. The highest BCUT2D eigenvalue weighted by atomic mass is 35.5. The second-order valence-corrected chi connectivity index (χ2v) is 7.62. The molecule has 0 spiro atoms. The van der Waals surface area contributed by atoms with Crippen molar-refractivity contribution < 1.29 is 0 Å². The third-order valence-corrected chi connectivity index (χ3v) is 5.46. The summed E-state index contributed by atoms with van der Waals surface area (Å²) < 4.78 is 0. The maximum absolute atomic E-state index is 9.75. The first-order valence-corrected chi connectivity index (χ1v) is 9.40. The van der Waals surface area contributed by atoms with Crippen molar-refractivity contribution in [1.82, 2.24) is 0 Å². The number of benzene rings is 2. The van der Waals surface area contributed by atoms with E-state index in [9.17, 15) is 5.26 Å². The maximum atomic E-state index is 9.75. The maximum Gasteiger partial charge on any atom is 0.108 e. The molecule has 0 radical (unpaired) electrons. The predicted molar refractivity (Wildman–Crippen MR) is 107 cm³/mol. The molecule has 0 bridgehead atoms. The van der Waals surface area contributed by atoms with E-state index in [1.165, 1.54) is 4.88 Å². The third-order valence-electron chi connectivity index (χ3n) is 4.01. The fourth-order valence-electron chi connectivity index (χ4n) is 2.86. The minimum absolute atomic E-state index is 0.280. The van der Waals surface area contributed by atoms with Crippen molar-refractivity contribution in [3.63, 3.8) is 0 Å². The molecule has 0 amide bonds. The van der Waals surface area contributed by atoms with Gasteiger partial charge in [-0.25, -0.2) is 0 Å². The number of halogens is 1. The van der Waals surface area contributed by atoms with Crippen LogP contribution in [0.5, 0.6) is 0 Å². The molecule has 0 fully saturated rings. The summed E-state index contributed by atoms with van der Waals surface area (Å²) in [5.74, 6) is 0.280. The highest BCUT2D eigenvalue weighted by molar-refractivity contribution is 7.20. The van der Waals surface area contributed by atoms with Gasteiger partial charge in [0, 0.05) is 16.4 Å². The second-order valence-electron chi connectivity index (χ2n) is 6.16. The molecule has 3 aromatic rings. The van der Waals surface area contributed by atoms with E-state index in [1.54, 1.807) is 11.3 Å². The monoisotopic (exact) mass is 366 g/mol. The summed E-state index contributed by atoms with van der Waals surface area (Å²) >= 11 is 7.71. The van der Waals surface area contributed by atoms with Gasteiger partial charge in [-0.2, -0.15) is 5.26 Å².